The molecule has 0 amide bonds. The van der Waals surface area contributed by atoms with Crippen LogP contribution in [0.15, 0.2) is 48.8 Å². The summed E-state index contributed by atoms with van der Waals surface area (Å²) in [7, 11) is 4.23. The zero-order valence-corrected chi connectivity index (χ0v) is 13.1. The van der Waals surface area contributed by atoms with Gasteiger partial charge in [0, 0.05) is 38.1 Å². The summed E-state index contributed by atoms with van der Waals surface area (Å²) in [4.78, 5) is 13.5. The van der Waals surface area contributed by atoms with Gasteiger partial charge in [0.05, 0.1) is 11.4 Å². The van der Waals surface area contributed by atoms with Gasteiger partial charge >= 0.3 is 0 Å². The normalized spacial score (nSPS) is 12.8. The van der Waals surface area contributed by atoms with Crippen LogP contribution in [0.2, 0.25) is 0 Å². The van der Waals surface area contributed by atoms with Crippen LogP contribution < -0.4 is 0 Å². The van der Waals surface area contributed by atoms with Gasteiger partial charge in [0.1, 0.15) is 0 Å². The first-order chi connectivity index (χ1) is 10.1. The van der Waals surface area contributed by atoms with Crippen molar-refractivity contribution in [1.29, 1.82) is 0 Å². The van der Waals surface area contributed by atoms with Gasteiger partial charge in [-0.1, -0.05) is 12.1 Å². The number of rotatable bonds is 7. The van der Waals surface area contributed by atoms with Crippen LogP contribution in [0.5, 0.6) is 0 Å². The molecule has 2 heterocycles. The van der Waals surface area contributed by atoms with Crippen LogP contribution in [0.3, 0.4) is 0 Å². The third kappa shape index (κ3) is 5.25. The zero-order valence-electron chi connectivity index (χ0n) is 13.1. The highest BCUT2D eigenvalue weighted by Crippen LogP contribution is 2.09. The fourth-order valence-electron chi connectivity index (χ4n) is 2.16. The van der Waals surface area contributed by atoms with E-state index in [1.807, 2.05) is 36.7 Å². The van der Waals surface area contributed by atoms with Crippen molar-refractivity contribution in [2.45, 2.75) is 26.1 Å². The second kappa shape index (κ2) is 7.86. The molecule has 0 aromatic carbocycles. The molecule has 2 aromatic heterocycles. The number of aromatic nitrogens is 2. The number of hydrogen-bond acceptors (Lipinski definition) is 4. The lowest BCUT2D eigenvalue weighted by Gasteiger charge is -2.28. The van der Waals surface area contributed by atoms with Crippen LogP contribution in [0.25, 0.3) is 0 Å². The number of hydrogen-bond donors (Lipinski definition) is 0. The topological polar surface area (TPSA) is 32.3 Å². The van der Waals surface area contributed by atoms with Crippen molar-refractivity contribution >= 4 is 0 Å². The van der Waals surface area contributed by atoms with Crippen LogP contribution >= 0.6 is 0 Å². The summed E-state index contributed by atoms with van der Waals surface area (Å²) in [6.45, 7) is 4.91. The van der Waals surface area contributed by atoms with Crippen LogP contribution in [0.4, 0.5) is 0 Å². The fraction of sp³-hybridized carbons (Fsp3) is 0.412. The van der Waals surface area contributed by atoms with E-state index in [-0.39, 0.29) is 0 Å². The number of pyridine rings is 2. The van der Waals surface area contributed by atoms with Gasteiger partial charge in [0.25, 0.3) is 0 Å². The van der Waals surface area contributed by atoms with E-state index < -0.39 is 0 Å². The summed E-state index contributed by atoms with van der Waals surface area (Å²) >= 11 is 0. The van der Waals surface area contributed by atoms with Gasteiger partial charge in [0.15, 0.2) is 0 Å². The molecule has 1 unspecified atom stereocenters. The quantitative estimate of drug-likeness (QED) is 0.781. The number of nitrogens with zero attached hydrogens (tertiary/aromatic N) is 4. The molecule has 0 saturated carbocycles. The minimum atomic E-state index is 0.484. The third-order valence-electron chi connectivity index (χ3n) is 3.63. The Morgan fingerprint density at radius 2 is 1.43 bits per heavy atom. The van der Waals surface area contributed by atoms with E-state index in [2.05, 4.69) is 52.9 Å². The molecule has 112 valence electrons. The second-order valence-corrected chi connectivity index (χ2v) is 5.62. The molecule has 0 aliphatic carbocycles. The largest absolute Gasteiger partial charge is 0.305 e. The monoisotopic (exact) mass is 284 g/mol. The Kier molecular flexibility index (Phi) is 5.84. The lowest BCUT2D eigenvalue weighted by atomic mass is 10.2. The average molecular weight is 284 g/mol. The van der Waals surface area contributed by atoms with Gasteiger partial charge in [0.2, 0.25) is 0 Å². The SMILES string of the molecule is CC(CN(Cc1ccccn1)Cc1ccccn1)N(C)C. The summed E-state index contributed by atoms with van der Waals surface area (Å²) in [6.07, 6.45) is 3.70. The highest BCUT2D eigenvalue weighted by atomic mass is 15.2. The predicted molar refractivity (Wildman–Crippen MR) is 85.7 cm³/mol. The molecule has 2 aromatic rings. The molecule has 4 heteroatoms. The van der Waals surface area contributed by atoms with Gasteiger partial charge in [-0.2, -0.15) is 0 Å². The molecule has 0 spiro atoms. The Morgan fingerprint density at radius 3 is 1.81 bits per heavy atom. The average Bonchev–Trinajstić information content (AvgIpc) is 2.49. The highest BCUT2D eigenvalue weighted by Gasteiger charge is 2.14. The molecular formula is C17H24N4. The van der Waals surface area contributed by atoms with Crippen molar-refractivity contribution in [3.63, 3.8) is 0 Å². The predicted octanol–water partition coefficient (Wildman–Crippen LogP) is 2.43. The molecule has 4 nitrogen and oxygen atoms in total. The molecule has 0 radical (unpaired) electrons. The first-order valence-electron chi connectivity index (χ1n) is 7.33. The summed E-state index contributed by atoms with van der Waals surface area (Å²) in [5.74, 6) is 0. The van der Waals surface area contributed by atoms with Crippen molar-refractivity contribution in [3.8, 4) is 0 Å². The molecule has 0 N–H and O–H groups in total. The van der Waals surface area contributed by atoms with Gasteiger partial charge < -0.3 is 4.90 Å². The maximum absolute atomic E-state index is 4.44. The van der Waals surface area contributed by atoms with E-state index in [0.717, 1.165) is 31.0 Å². The smallest absolute Gasteiger partial charge is 0.0544 e. The van der Waals surface area contributed by atoms with Crippen molar-refractivity contribution in [2.75, 3.05) is 20.6 Å². The molecule has 2 rings (SSSR count). The molecule has 0 saturated heterocycles. The first-order valence-corrected chi connectivity index (χ1v) is 7.33. The summed E-state index contributed by atoms with van der Waals surface area (Å²) in [6, 6.07) is 12.6. The standard InChI is InChI=1S/C17H24N4/c1-15(20(2)3)12-21(13-16-8-4-6-10-18-16)14-17-9-5-7-11-19-17/h4-11,15H,12-14H2,1-3H3. The molecule has 0 fully saturated rings. The van der Waals surface area contributed by atoms with Gasteiger partial charge in [-0.25, -0.2) is 0 Å². The van der Waals surface area contributed by atoms with E-state index in [1.54, 1.807) is 0 Å². The maximum Gasteiger partial charge on any atom is 0.0544 e. The molecule has 1 atom stereocenters. The third-order valence-corrected chi connectivity index (χ3v) is 3.63. The molecular weight excluding hydrogens is 260 g/mol. The van der Waals surface area contributed by atoms with Crippen LogP contribution in [-0.2, 0) is 13.1 Å². The molecule has 0 bridgehead atoms. The van der Waals surface area contributed by atoms with Crippen LogP contribution in [0.1, 0.15) is 18.3 Å². The first kappa shape index (κ1) is 15.6. The van der Waals surface area contributed by atoms with Crippen LogP contribution in [0, 0.1) is 0 Å². The minimum Gasteiger partial charge on any atom is -0.305 e. The van der Waals surface area contributed by atoms with Gasteiger partial charge in [-0.15, -0.1) is 0 Å². The van der Waals surface area contributed by atoms with E-state index >= 15 is 0 Å². The fourth-order valence-corrected chi connectivity index (χ4v) is 2.16. The summed E-state index contributed by atoms with van der Waals surface area (Å²) in [5, 5.41) is 0. The van der Waals surface area contributed by atoms with Gasteiger partial charge in [-0.05, 0) is 45.3 Å². The van der Waals surface area contributed by atoms with E-state index in [4.69, 9.17) is 0 Å². The minimum absolute atomic E-state index is 0.484. The van der Waals surface area contributed by atoms with Crippen molar-refractivity contribution in [1.82, 2.24) is 19.8 Å². The van der Waals surface area contributed by atoms with Crippen molar-refractivity contribution < 1.29 is 0 Å². The zero-order chi connectivity index (χ0) is 15.1. The highest BCUT2D eigenvalue weighted by molar-refractivity contribution is 5.06. The second-order valence-electron chi connectivity index (χ2n) is 5.62. The lowest BCUT2D eigenvalue weighted by Crippen LogP contribution is -2.38. The Hall–Kier alpha value is -1.78. The van der Waals surface area contributed by atoms with Crippen molar-refractivity contribution in [2.24, 2.45) is 0 Å². The summed E-state index contributed by atoms with van der Waals surface area (Å²) < 4.78 is 0. The van der Waals surface area contributed by atoms with Gasteiger partial charge in [-0.3, -0.25) is 14.9 Å². The number of likely N-dealkylation sites (N-methyl/N-ethyl adjacent to an activating group) is 1. The Labute approximate surface area is 127 Å². The van der Waals surface area contributed by atoms with Crippen LogP contribution in [-0.4, -0.2) is 46.4 Å². The van der Waals surface area contributed by atoms with E-state index in [9.17, 15) is 0 Å². The Morgan fingerprint density at radius 1 is 0.905 bits per heavy atom. The molecule has 21 heavy (non-hydrogen) atoms. The van der Waals surface area contributed by atoms with E-state index in [1.165, 1.54) is 0 Å². The van der Waals surface area contributed by atoms with E-state index in [0.29, 0.717) is 6.04 Å². The molecule has 0 aliphatic rings. The summed E-state index contributed by atoms with van der Waals surface area (Å²) in [5.41, 5.74) is 2.19. The van der Waals surface area contributed by atoms with Crippen molar-refractivity contribution in [3.05, 3.63) is 60.2 Å². The maximum atomic E-state index is 4.44. The molecule has 0 aliphatic heterocycles. The Balaban J connectivity index is 2.06. The lowest BCUT2D eigenvalue weighted by molar-refractivity contribution is 0.177. The Bertz CT molecular complexity index is 471.